The minimum atomic E-state index is -0.132. The molecule has 1 fully saturated rings. The molecule has 17 heavy (non-hydrogen) atoms. The Bertz CT molecular complexity index is 387. The molecular weight excluding hydrogens is 235 g/mol. The first-order valence-electron chi connectivity index (χ1n) is 5.99. The molecule has 0 amide bonds. The SMILES string of the molecule is CC(S)c1ccc(N2CCN(C)CC2)c(F)c1. The van der Waals surface area contributed by atoms with Crippen LogP contribution in [0.5, 0.6) is 0 Å². The molecule has 1 aromatic carbocycles. The topological polar surface area (TPSA) is 6.48 Å². The number of halogens is 1. The van der Waals surface area contributed by atoms with E-state index in [9.17, 15) is 4.39 Å². The van der Waals surface area contributed by atoms with E-state index in [-0.39, 0.29) is 11.1 Å². The second-order valence-electron chi connectivity index (χ2n) is 4.68. The maximum atomic E-state index is 14.0. The van der Waals surface area contributed by atoms with Crippen molar-refractivity contribution >= 4 is 18.3 Å². The first-order valence-corrected chi connectivity index (χ1v) is 6.50. The highest BCUT2D eigenvalue weighted by atomic mass is 32.1. The summed E-state index contributed by atoms with van der Waals surface area (Å²) < 4.78 is 14.0. The van der Waals surface area contributed by atoms with E-state index in [1.54, 1.807) is 6.07 Å². The summed E-state index contributed by atoms with van der Waals surface area (Å²) in [5, 5.41) is 0.0750. The van der Waals surface area contributed by atoms with Crippen molar-refractivity contribution in [2.75, 3.05) is 38.1 Å². The van der Waals surface area contributed by atoms with E-state index in [2.05, 4.69) is 29.5 Å². The molecule has 2 nitrogen and oxygen atoms in total. The van der Waals surface area contributed by atoms with E-state index < -0.39 is 0 Å². The quantitative estimate of drug-likeness (QED) is 0.810. The van der Waals surface area contributed by atoms with E-state index in [0.29, 0.717) is 0 Å². The molecule has 1 saturated heterocycles. The number of hydrogen-bond acceptors (Lipinski definition) is 3. The Morgan fingerprint density at radius 3 is 2.41 bits per heavy atom. The smallest absolute Gasteiger partial charge is 0.146 e. The second-order valence-corrected chi connectivity index (χ2v) is 5.45. The van der Waals surface area contributed by atoms with Gasteiger partial charge in [0, 0.05) is 31.4 Å². The Balaban J connectivity index is 2.16. The normalized spacial score (nSPS) is 19.4. The van der Waals surface area contributed by atoms with Gasteiger partial charge in [0.15, 0.2) is 0 Å². The van der Waals surface area contributed by atoms with E-state index in [1.807, 2.05) is 19.1 Å². The molecule has 1 atom stereocenters. The van der Waals surface area contributed by atoms with Crippen LogP contribution >= 0.6 is 12.6 Å². The van der Waals surface area contributed by atoms with Gasteiger partial charge in [0.1, 0.15) is 5.82 Å². The van der Waals surface area contributed by atoms with E-state index in [1.165, 1.54) is 0 Å². The number of rotatable bonds is 2. The Morgan fingerprint density at radius 2 is 1.88 bits per heavy atom. The van der Waals surface area contributed by atoms with E-state index in [4.69, 9.17) is 0 Å². The maximum Gasteiger partial charge on any atom is 0.146 e. The summed E-state index contributed by atoms with van der Waals surface area (Å²) in [5.41, 5.74) is 1.65. The van der Waals surface area contributed by atoms with Crippen molar-refractivity contribution in [3.8, 4) is 0 Å². The zero-order valence-electron chi connectivity index (χ0n) is 10.4. The van der Waals surface area contributed by atoms with Crippen LogP contribution in [0.15, 0.2) is 18.2 Å². The summed E-state index contributed by atoms with van der Waals surface area (Å²) in [6, 6.07) is 5.45. The molecule has 94 valence electrons. The standard InChI is InChI=1S/C13H19FN2S/c1-10(17)11-3-4-13(12(14)9-11)16-7-5-15(2)6-8-16/h3-4,9-10,17H,5-8H2,1-2H3. The van der Waals surface area contributed by atoms with Crippen molar-refractivity contribution in [1.82, 2.24) is 4.90 Å². The van der Waals surface area contributed by atoms with Crippen LogP contribution < -0.4 is 4.90 Å². The predicted molar refractivity (Wildman–Crippen MR) is 73.5 cm³/mol. The molecule has 4 heteroatoms. The average molecular weight is 254 g/mol. The Morgan fingerprint density at radius 1 is 1.24 bits per heavy atom. The molecule has 0 aliphatic carbocycles. The third kappa shape index (κ3) is 2.93. The molecule has 1 aliphatic rings. The highest BCUT2D eigenvalue weighted by Gasteiger charge is 2.17. The fourth-order valence-corrected chi connectivity index (χ4v) is 2.25. The molecule has 2 rings (SSSR count). The average Bonchev–Trinajstić information content (AvgIpc) is 2.30. The Labute approximate surface area is 108 Å². The molecule has 0 aromatic heterocycles. The van der Waals surface area contributed by atoms with Gasteiger partial charge in [-0.15, -0.1) is 0 Å². The van der Waals surface area contributed by atoms with Crippen molar-refractivity contribution in [2.45, 2.75) is 12.2 Å². The Hall–Kier alpha value is -0.740. The lowest BCUT2D eigenvalue weighted by atomic mass is 10.1. The summed E-state index contributed by atoms with van der Waals surface area (Å²) >= 11 is 4.32. The van der Waals surface area contributed by atoms with Gasteiger partial charge in [-0.05, 0) is 31.7 Å². The monoisotopic (exact) mass is 254 g/mol. The van der Waals surface area contributed by atoms with Crippen LogP contribution in [0.2, 0.25) is 0 Å². The fourth-order valence-electron chi connectivity index (χ4n) is 2.09. The number of nitrogens with zero attached hydrogens (tertiary/aromatic N) is 2. The molecular formula is C13H19FN2S. The predicted octanol–water partition coefficient (Wildman–Crippen LogP) is 2.57. The minimum absolute atomic E-state index is 0.0750. The van der Waals surface area contributed by atoms with Crippen molar-refractivity contribution < 1.29 is 4.39 Å². The zero-order valence-corrected chi connectivity index (χ0v) is 11.3. The number of anilines is 1. The molecule has 1 heterocycles. The van der Waals surface area contributed by atoms with Crippen molar-refractivity contribution in [1.29, 1.82) is 0 Å². The summed E-state index contributed by atoms with van der Waals surface area (Å²) in [6.07, 6.45) is 0. The zero-order chi connectivity index (χ0) is 12.4. The fraction of sp³-hybridized carbons (Fsp3) is 0.538. The molecule has 1 aliphatic heterocycles. The number of piperazine rings is 1. The minimum Gasteiger partial charge on any atom is -0.367 e. The van der Waals surface area contributed by atoms with Gasteiger partial charge >= 0.3 is 0 Å². The number of hydrogen-bond donors (Lipinski definition) is 1. The molecule has 1 unspecified atom stereocenters. The lowest BCUT2D eigenvalue weighted by Gasteiger charge is -2.34. The van der Waals surface area contributed by atoms with Crippen LogP contribution in [-0.4, -0.2) is 38.1 Å². The highest BCUT2D eigenvalue weighted by molar-refractivity contribution is 7.80. The number of thiol groups is 1. The van der Waals surface area contributed by atoms with Crippen LogP contribution in [0.1, 0.15) is 17.7 Å². The van der Waals surface area contributed by atoms with Crippen LogP contribution in [-0.2, 0) is 0 Å². The van der Waals surface area contributed by atoms with Crippen molar-refractivity contribution in [3.05, 3.63) is 29.6 Å². The third-order valence-electron chi connectivity index (χ3n) is 3.30. The van der Waals surface area contributed by atoms with Crippen LogP contribution in [0.3, 0.4) is 0 Å². The molecule has 0 N–H and O–H groups in total. The largest absolute Gasteiger partial charge is 0.367 e. The highest BCUT2D eigenvalue weighted by Crippen LogP contribution is 2.26. The lowest BCUT2D eigenvalue weighted by Crippen LogP contribution is -2.44. The molecule has 0 radical (unpaired) electrons. The first kappa shape index (κ1) is 12.7. The second kappa shape index (κ2) is 5.27. The summed E-state index contributed by atoms with van der Waals surface area (Å²) in [6.45, 7) is 5.72. The molecule has 0 bridgehead atoms. The van der Waals surface area contributed by atoms with Gasteiger partial charge in [-0.2, -0.15) is 12.6 Å². The number of likely N-dealkylation sites (N-methyl/N-ethyl adjacent to an activating group) is 1. The molecule has 1 aromatic rings. The van der Waals surface area contributed by atoms with Crippen LogP contribution in [0.4, 0.5) is 10.1 Å². The van der Waals surface area contributed by atoms with Gasteiger partial charge in [-0.1, -0.05) is 6.07 Å². The van der Waals surface area contributed by atoms with Gasteiger partial charge in [-0.3, -0.25) is 0 Å². The van der Waals surface area contributed by atoms with Gasteiger partial charge in [0.25, 0.3) is 0 Å². The van der Waals surface area contributed by atoms with Gasteiger partial charge in [0.2, 0.25) is 0 Å². The molecule has 0 saturated carbocycles. The van der Waals surface area contributed by atoms with Crippen molar-refractivity contribution in [2.24, 2.45) is 0 Å². The van der Waals surface area contributed by atoms with Gasteiger partial charge in [-0.25, -0.2) is 4.39 Å². The first-order chi connectivity index (χ1) is 8.08. The summed E-state index contributed by atoms with van der Waals surface area (Å²) in [4.78, 5) is 4.38. The lowest BCUT2D eigenvalue weighted by molar-refractivity contribution is 0.311. The van der Waals surface area contributed by atoms with Crippen molar-refractivity contribution in [3.63, 3.8) is 0 Å². The van der Waals surface area contributed by atoms with Crippen LogP contribution in [0.25, 0.3) is 0 Å². The Kier molecular flexibility index (Phi) is 3.94. The number of benzene rings is 1. The maximum absolute atomic E-state index is 14.0. The summed E-state index contributed by atoms with van der Waals surface area (Å²) in [7, 11) is 2.10. The molecule has 0 spiro atoms. The summed E-state index contributed by atoms with van der Waals surface area (Å²) in [5.74, 6) is -0.132. The third-order valence-corrected chi connectivity index (χ3v) is 3.60. The van der Waals surface area contributed by atoms with Gasteiger partial charge < -0.3 is 9.80 Å². The van der Waals surface area contributed by atoms with E-state index in [0.717, 1.165) is 37.4 Å². The van der Waals surface area contributed by atoms with Crippen LogP contribution in [0, 0.1) is 5.82 Å². The van der Waals surface area contributed by atoms with E-state index >= 15 is 0 Å². The van der Waals surface area contributed by atoms with Gasteiger partial charge in [0.05, 0.1) is 5.69 Å².